The molecule has 0 aliphatic rings. The van der Waals surface area contributed by atoms with Crippen molar-refractivity contribution in [2.45, 2.75) is 20.3 Å². The zero-order chi connectivity index (χ0) is 10.7. The van der Waals surface area contributed by atoms with Crippen LogP contribution in [0, 0.1) is 6.92 Å². The van der Waals surface area contributed by atoms with Crippen LogP contribution in [0.3, 0.4) is 0 Å². The van der Waals surface area contributed by atoms with Crippen molar-refractivity contribution in [3.8, 4) is 11.3 Å². The highest BCUT2D eigenvalue weighted by atomic mass is 14.8. The summed E-state index contributed by atoms with van der Waals surface area (Å²) < 4.78 is 0. The Morgan fingerprint density at radius 2 is 2.07 bits per heavy atom. The molecule has 1 aromatic carbocycles. The second-order valence-electron chi connectivity index (χ2n) is 3.54. The van der Waals surface area contributed by atoms with Gasteiger partial charge in [0.2, 0.25) is 0 Å². The third-order valence-electron chi connectivity index (χ3n) is 2.68. The standard InChI is InChI=1S/C13H14N2/c1-3-11-5-4-6-12(10(11)2)13-7-8-14-9-15-13/h4-9H,3H2,1-2H3. The van der Waals surface area contributed by atoms with Gasteiger partial charge in [0.15, 0.2) is 0 Å². The highest BCUT2D eigenvalue weighted by Gasteiger charge is 2.05. The summed E-state index contributed by atoms with van der Waals surface area (Å²) >= 11 is 0. The summed E-state index contributed by atoms with van der Waals surface area (Å²) in [6, 6.07) is 8.31. The Morgan fingerprint density at radius 3 is 2.73 bits per heavy atom. The molecule has 0 saturated carbocycles. The van der Waals surface area contributed by atoms with E-state index in [1.807, 2.05) is 6.07 Å². The van der Waals surface area contributed by atoms with E-state index in [0.29, 0.717) is 0 Å². The van der Waals surface area contributed by atoms with Crippen molar-refractivity contribution in [1.29, 1.82) is 0 Å². The molecule has 76 valence electrons. The maximum absolute atomic E-state index is 4.27. The van der Waals surface area contributed by atoms with E-state index in [0.717, 1.165) is 12.1 Å². The minimum Gasteiger partial charge on any atom is -0.245 e. The van der Waals surface area contributed by atoms with Crippen LogP contribution in [0.1, 0.15) is 18.1 Å². The van der Waals surface area contributed by atoms with Gasteiger partial charge in [-0.25, -0.2) is 9.97 Å². The molecule has 2 rings (SSSR count). The Kier molecular flexibility index (Phi) is 2.77. The first kappa shape index (κ1) is 9.84. The Labute approximate surface area is 90.0 Å². The SMILES string of the molecule is CCc1cccc(-c2ccncn2)c1C. The summed E-state index contributed by atoms with van der Waals surface area (Å²) in [5.74, 6) is 0. The van der Waals surface area contributed by atoms with Crippen molar-refractivity contribution < 1.29 is 0 Å². The first-order chi connectivity index (χ1) is 7.33. The van der Waals surface area contributed by atoms with Gasteiger partial charge in [-0.05, 0) is 30.5 Å². The number of hydrogen-bond donors (Lipinski definition) is 0. The summed E-state index contributed by atoms with van der Waals surface area (Å²) in [7, 11) is 0. The lowest BCUT2D eigenvalue weighted by atomic mass is 9.98. The van der Waals surface area contributed by atoms with Crippen LogP contribution in [0.25, 0.3) is 11.3 Å². The lowest BCUT2D eigenvalue weighted by molar-refractivity contribution is 1.10. The van der Waals surface area contributed by atoms with E-state index in [1.165, 1.54) is 16.7 Å². The smallest absolute Gasteiger partial charge is 0.116 e. The summed E-state index contributed by atoms with van der Waals surface area (Å²) in [4.78, 5) is 8.21. The minimum atomic E-state index is 0.998. The van der Waals surface area contributed by atoms with E-state index in [9.17, 15) is 0 Å². The lowest BCUT2D eigenvalue weighted by Gasteiger charge is -2.08. The van der Waals surface area contributed by atoms with Gasteiger partial charge in [-0.3, -0.25) is 0 Å². The topological polar surface area (TPSA) is 25.8 Å². The normalized spacial score (nSPS) is 10.3. The van der Waals surface area contributed by atoms with Gasteiger partial charge in [-0.15, -0.1) is 0 Å². The molecule has 0 saturated heterocycles. The number of rotatable bonds is 2. The molecule has 2 aromatic rings. The second kappa shape index (κ2) is 4.22. The van der Waals surface area contributed by atoms with Gasteiger partial charge in [0.25, 0.3) is 0 Å². The predicted molar refractivity (Wildman–Crippen MR) is 61.6 cm³/mol. The number of nitrogens with zero attached hydrogens (tertiary/aromatic N) is 2. The molecule has 0 atom stereocenters. The lowest BCUT2D eigenvalue weighted by Crippen LogP contribution is -1.92. The third-order valence-corrected chi connectivity index (χ3v) is 2.68. The van der Waals surface area contributed by atoms with Gasteiger partial charge in [0.05, 0.1) is 5.69 Å². The van der Waals surface area contributed by atoms with Crippen molar-refractivity contribution in [3.05, 3.63) is 47.9 Å². The van der Waals surface area contributed by atoms with Crippen LogP contribution in [-0.4, -0.2) is 9.97 Å². The molecule has 0 bridgehead atoms. The predicted octanol–water partition coefficient (Wildman–Crippen LogP) is 3.01. The average molecular weight is 198 g/mol. The molecule has 2 nitrogen and oxygen atoms in total. The molecule has 15 heavy (non-hydrogen) atoms. The molecular weight excluding hydrogens is 184 g/mol. The fraction of sp³-hybridized carbons (Fsp3) is 0.231. The monoisotopic (exact) mass is 198 g/mol. The van der Waals surface area contributed by atoms with Gasteiger partial charge in [-0.1, -0.05) is 25.1 Å². The Bertz CT molecular complexity index is 449. The summed E-state index contributed by atoms with van der Waals surface area (Å²) in [6.07, 6.45) is 4.43. The number of aryl methyl sites for hydroxylation is 1. The average Bonchev–Trinajstić information content (AvgIpc) is 2.30. The van der Waals surface area contributed by atoms with Crippen molar-refractivity contribution in [1.82, 2.24) is 9.97 Å². The first-order valence-electron chi connectivity index (χ1n) is 5.17. The molecule has 0 N–H and O–H groups in total. The van der Waals surface area contributed by atoms with Crippen LogP contribution in [0.15, 0.2) is 36.8 Å². The maximum Gasteiger partial charge on any atom is 0.116 e. The fourth-order valence-corrected chi connectivity index (χ4v) is 1.79. The first-order valence-corrected chi connectivity index (χ1v) is 5.17. The Hall–Kier alpha value is -1.70. The third kappa shape index (κ3) is 1.89. The number of hydrogen-bond acceptors (Lipinski definition) is 2. The van der Waals surface area contributed by atoms with Crippen LogP contribution in [0.2, 0.25) is 0 Å². The van der Waals surface area contributed by atoms with Gasteiger partial charge < -0.3 is 0 Å². The van der Waals surface area contributed by atoms with Gasteiger partial charge in [0, 0.05) is 11.8 Å². The molecule has 1 aromatic heterocycles. The number of aromatic nitrogens is 2. The van der Waals surface area contributed by atoms with E-state index in [-0.39, 0.29) is 0 Å². The van der Waals surface area contributed by atoms with Crippen molar-refractivity contribution >= 4 is 0 Å². The van der Waals surface area contributed by atoms with Crippen LogP contribution in [0.4, 0.5) is 0 Å². The highest BCUT2D eigenvalue weighted by Crippen LogP contribution is 2.23. The molecule has 0 unspecified atom stereocenters. The van der Waals surface area contributed by atoms with Crippen LogP contribution in [-0.2, 0) is 6.42 Å². The molecule has 0 radical (unpaired) electrons. The van der Waals surface area contributed by atoms with Crippen molar-refractivity contribution in [2.24, 2.45) is 0 Å². The van der Waals surface area contributed by atoms with Crippen LogP contribution in [0.5, 0.6) is 0 Å². The number of benzene rings is 1. The van der Waals surface area contributed by atoms with Crippen molar-refractivity contribution in [3.63, 3.8) is 0 Å². The molecule has 1 heterocycles. The summed E-state index contributed by atoms with van der Waals surface area (Å²) in [5.41, 5.74) is 4.90. The zero-order valence-electron chi connectivity index (χ0n) is 9.07. The largest absolute Gasteiger partial charge is 0.245 e. The molecule has 0 aliphatic heterocycles. The van der Waals surface area contributed by atoms with Gasteiger partial charge in [-0.2, -0.15) is 0 Å². The van der Waals surface area contributed by atoms with Gasteiger partial charge >= 0.3 is 0 Å². The van der Waals surface area contributed by atoms with E-state index in [2.05, 4.69) is 42.0 Å². The zero-order valence-corrected chi connectivity index (χ0v) is 9.07. The molecule has 0 fully saturated rings. The van der Waals surface area contributed by atoms with E-state index in [4.69, 9.17) is 0 Å². The van der Waals surface area contributed by atoms with Crippen LogP contribution < -0.4 is 0 Å². The quantitative estimate of drug-likeness (QED) is 0.741. The maximum atomic E-state index is 4.27. The van der Waals surface area contributed by atoms with Crippen molar-refractivity contribution in [2.75, 3.05) is 0 Å². The summed E-state index contributed by atoms with van der Waals surface area (Å²) in [5, 5.41) is 0. The van der Waals surface area contributed by atoms with E-state index < -0.39 is 0 Å². The summed E-state index contributed by atoms with van der Waals surface area (Å²) in [6.45, 7) is 4.32. The second-order valence-corrected chi connectivity index (χ2v) is 3.54. The van der Waals surface area contributed by atoms with E-state index >= 15 is 0 Å². The van der Waals surface area contributed by atoms with E-state index in [1.54, 1.807) is 12.5 Å². The Balaban J connectivity index is 2.54. The Morgan fingerprint density at radius 1 is 1.20 bits per heavy atom. The minimum absolute atomic E-state index is 0.998. The molecule has 0 amide bonds. The van der Waals surface area contributed by atoms with Crippen LogP contribution >= 0.6 is 0 Å². The molecular formula is C13H14N2. The molecule has 0 spiro atoms. The van der Waals surface area contributed by atoms with Gasteiger partial charge in [0.1, 0.15) is 6.33 Å². The molecule has 2 heteroatoms. The highest BCUT2D eigenvalue weighted by molar-refractivity contribution is 5.64. The molecule has 0 aliphatic carbocycles. The fourth-order valence-electron chi connectivity index (χ4n) is 1.79.